The number of hydrogen-bond donors (Lipinski definition) is 1. The second-order valence-corrected chi connectivity index (χ2v) is 8.70. The minimum atomic E-state index is -2.96. The van der Waals surface area contributed by atoms with E-state index >= 15 is 0 Å². The largest absolute Gasteiger partial charge is 0.338 e. The van der Waals surface area contributed by atoms with Crippen LogP contribution in [0.25, 0.3) is 0 Å². The first-order valence-electron chi connectivity index (χ1n) is 8.19. The van der Waals surface area contributed by atoms with Crippen LogP contribution in [0.5, 0.6) is 0 Å². The van der Waals surface area contributed by atoms with Crippen LogP contribution in [-0.2, 0) is 14.6 Å². The lowest BCUT2D eigenvalue weighted by Gasteiger charge is -2.32. The molecule has 6 heteroatoms. The van der Waals surface area contributed by atoms with Crippen molar-refractivity contribution in [1.82, 2.24) is 4.90 Å². The Bertz CT molecular complexity index is 464. The molecule has 3 unspecified atom stereocenters. The number of unbranched alkanes of at least 4 members (excludes halogenated alkanes) is 1. The third-order valence-corrected chi connectivity index (χ3v) is 6.71. The molecule has 2 N–H and O–H groups in total. The predicted molar refractivity (Wildman–Crippen MR) is 83.6 cm³/mol. The van der Waals surface area contributed by atoms with E-state index in [1.54, 1.807) is 0 Å². The molecule has 21 heavy (non-hydrogen) atoms. The number of hydrogen-bond acceptors (Lipinski definition) is 4. The lowest BCUT2D eigenvalue weighted by atomic mass is 9.94. The van der Waals surface area contributed by atoms with Crippen molar-refractivity contribution in [1.29, 1.82) is 0 Å². The molecule has 2 rings (SSSR count). The highest BCUT2D eigenvalue weighted by atomic mass is 32.2. The molecular weight excluding hydrogens is 288 g/mol. The van der Waals surface area contributed by atoms with E-state index in [0.29, 0.717) is 19.5 Å². The number of sulfone groups is 1. The van der Waals surface area contributed by atoms with E-state index in [2.05, 4.69) is 6.92 Å². The summed E-state index contributed by atoms with van der Waals surface area (Å²) in [4.78, 5) is 14.8. The van der Waals surface area contributed by atoms with Crippen LogP contribution in [-0.4, -0.2) is 49.9 Å². The highest BCUT2D eigenvalue weighted by Crippen LogP contribution is 2.33. The maximum Gasteiger partial charge on any atom is 0.226 e. The summed E-state index contributed by atoms with van der Waals surface area (Å²) in [5, 5.41) is 0. The third-order valence-electron chi connectivity index (χ3n) is 4.96. The zero-order valence-corrected chi connectivity index (χ0v) is 13.8. The van der Waals surface area contributed by atoms with Gasteiger partial charge in [-0.2, -0.15) is 0 Å². The number of nitrogens with zero attached hydrogens (tertiary/aromatic N) is 1. The highest BCUT2D eigenvalue weighted by molar-refractivity contribution is 7.91. The molecule has 0 spiro atoms. The molecule has 2 fully saturated rings. The Hall–Kier alpha value is -0.620. The first kappa shape index (κ1) is 16.7. The van der Waals surface area contributed by atoms with Gasteiger partial charge in [0.05, 0.1) is 11.5 Å². The molecule has 122 valence electrons. The molecule has 0 radical (unpaired) electrons. The van der Waals surface area contributed by atoms with E-state index in [9.17, 15) is 13.2 Å². The lowest BCUT2D eigenvalue weighted by Crippen LogP contribution is -2.46. The molecule has 3 atom stereocenters. The molecule has 5 nitrogen and oxygen atoms in total. The first-order chi connectivity index (χ1) is 9.98. The van der Waals surface area contributed by atoms with Gasteiger partial charge in [-0.15, -0.1) is 0 Å². The summed E-state index contributed by atoms with van der Waals surface area (Å²) in [5.41, 5.74) is 5.79. The standard InChI is InChI=1S/C15H28N2O3S/c1-2-3-8-17(13-7-9-21(19,20)11-13)15(18)14-6-4-5-12(14)10-16/h12-14H,2-11,16H2,1H3. The second-order valence-electron chi connectivity index (χ2n) is 6.48. The number of nitrogens with two attached hydrogens (primary N) is 1. The van der Waals surface area contributed by atoms with Gasteiger partial charge in [-0.25, -0.2) is 8.42 Å². The molecule has 0 bridgehead atoms. The molecule has 1 saturated heterocycles. The summed E-state index contributed by atoms with van der Waals surface area (Å²) in [6, 6.07) is -0.118. The molecule has 0 aromatic heterocycles. The third kappa shape index (κ3) is 3.97. The summed E-state index contributed by atoms with van der Waals surface area (Å²) in [7, 11) is -2.96. The van der Waals surface area contributed by atoms with Crippen LogP contribution < -0.4 is 5.73 Å². The van der Waals surface area contributed by atoms with Gasteiger partial charge in [0.25, 0.3) is 0 Å². The van der Waals surface area contributed by atoms with Crippen molar-refractivity contribution in [2.24, 2.45) is 17.6 Å². The lowest BCUT2D eigenvalue weighted by molar-refractivity contribution is -0.138. The van der Waals surface area contributed by atoms with Crippen molar-refractivity contribution in [2.75, 3.05) is 24.6 Å². The Morgan fingerprint density at radius 2 is 2.05 bits per heavy atom. The van der Waals surface area contributed by atoms with E-state index in [1.807, 2.05) is 4.90 Å². The fraction of sp³-hybridized carbons (Fsp3) is 0.933. The van der Waals surface area contributed by atoms with Gasteiger partial charge >= 0.3 is 0 Å². The van der Waals surface area contributed by atoms with Crippen molar-refractivity contribution in [3.05, 3.63) is 0 Å². The van der Waals surface area contributed by atoms with Gasteiger partial charge < -0.3 is 10.6 Å². The van der Waals surface area contributed by atoms with Gasteiger partial charge in [0.15, 0.2) is 9.84 Å². The smallest absolute Gasteiger partial charge is 0.226 e. The van der Waals surface area contributed by atoms with Gasteiger partial charge in [-0.1, -0.05) is 19.8 Å². The Balaban J connectivity index is 2.10. The average Bonchev–Trinajstić information content (AvgIpc) is 3.05. The van der Waals surface area contributed by atoms with E-state index in [4.69, 9.17) is 5.73 Å². The Labute approximate surface area is 128 Å². The number of rotatable bonds is 6. The molecule has 1 saturated carbocycles. The van der Waals surface area contributed by atoms with Gasteiger partial charge in [-0.3, -0.25) is 4.79 Å². The summed E-state index contributed by atoms with van der Waals surface area (Å²) >= 11 is 0. The normalized spacial score (nSPS) is 31.4. The molecule has 1 amide bonds. The molecule has 2 aliphatic rings. The van der Waals surface area contributed by atoms with Crippen LogP contribution >= 0.6 is 0 Å². The first-order valence-corrected chi connectivity index (χ1v) is 10.0. The highest BCUT2D eigenvalue weighted by Gasteiger charge is 2.40. The molecular formula is C15H28N2O3S. The topological polar surface area (TPSA) is 80.5 Å². The Morgan fingerprint density at radius 3 is 2.62 bits per heavy atom. The fourth-order valence-electron chi connectivity index (χ4n) is 3.68. The second kappa shape index (κ2) is 7.09. The molecule has 0 aromatic carbocycles. The van der Waals surface area contributed by atoms with Gasteiger partial charge in [0.1, 0.15) is 0 Å². The van der Waals surface area contributed by atoms with E-state index in [0.717, 1.165) is 32.1 Å². The predicted octanol–water partition coefficient (Wildman–Crippen LogP) is 1.18. The molecule has 1 aliphatic heterocycles. The summed E-state index contributed by atoms with van der Waals surface area (Å²) in [6.45, 7) is 3.33. The average molecular weight is 316 g/mol. The van der Waals surface area contributed by atoms with Crippen LogP contribution in [0.4, 0.5) is 0 Å². The maximum absolute atomic E-state index is 12.9. The van der Waals surface area contributed by atoms with Gasteiger partial charge in [0, 0.05) is 18.5 Å². The summed E-state index contributed by atoms with van der Waals surface area (Å²) < 4.78 is 23.5. The van der Waals surface area contributed by atoms with Crippen molar-refractivity contribution in [3.8, 4) is 0 Å². The van der Waals surface area contributed by atoms with Gasteiger partial charge in [0.2, 0.25) is 5.91 Å². The summed E-state index contributed by atoms with van der Waals surface area (Å²) in [5.74, 6) is 0.800. The van der Waals surface area contributed by atoms with Crippen molar-refractivity contribution < 1.29 is 13.2 Å². The summed E-state index contributed by atoms with van der Waals surface area (Å²) in [6.07, 6.45) is 5.53. The fourth-order valence-corrected chi connectivity index (χ4v) is 5.41. The monoisotopic (exact) mass is 316 g/mol. The zero-order valence-electron chi connectivity index (χ0n) is 13.0. The number of carbonyl (C=O) groups is 1. The van der Waals surface area contributed by atoms with Crippen LogP contribution in [0.2, 0.25) is 0 Å². The SMILES string of the molecule is CCCCN(C(=O)C1CCCC1CN)C1CCS(=O)(=O)C1. The van der Waals surface area contributed by atoms with Crippen LogP contribution in [0.1, 0.15) is 45.4 Å². The zero-order chi connectivity index (χ0) is 15.5. The van der Waals surface area contributed by atoms with Crippen molar-refractivity contribution >= 4 is 15.7 Å². The van der Waals surface area contributed by atoms with E-state index in [-0.39, 0.29) is 35.3 Å². The van der Waals surface area contributed by atoms with E-state index < -0.39 is 9.84 Å². The Morgan fingerprint density at radius 1 is 1.29 bits per heavy atom. The van der Waals surface area contributed by atoms with Crippen molar-refractivity contribution in [3.63, 3.8) is 0 Å². The van der Waals surface area contributed by atoms with E-state index in [1.165, 1.54) is 0 Å². The minimum absolute atomic E-state index is 0.00941. The number of amides is 1. The van der Waals surface area contributed by atoms with Crippen LogP contribution in [0.15, 0.2) is 0 Å². The Kier molecular flexibility index (Phi) is 5.66. The molecule has 1 heterocycles. The molecule has 1 aliphatic carbocycles. The number of carbonyl (C=O) groups excluding carboxylic acids is 1. The van der Waals surface area contributed by atoms with Crippen LogP contribution in [0.3, 0.4) is 0 Å². The van der Waals surface area contributed by atoms with Crippen LogP contribution in [0, 0.1) is 11.8 Å². The molecule has 0 aromatic rings. The maximum atomic E-state index is 12.9. The minimum Gasteiger partial charge on any atom is -0.338 e. The van der Waals surface area contributed by atoms with Gasteiger partial charge in [-0.05, 0) is 38.1 Å². The quantitative estimate of drug-likeness (QED) is 0.798. The van der Waals surface area contributed by atoms with Crippen molar-refractivity contribution in [2.45, 2.75) is 51.5 Å².